The van der Waals surface area contributed by atoms with E-state index in [1.165, 1.54) is 11.0 Å². The molecule has 152 valence electrons. The van der Waals surface area contributed by atoms with Crippen molar-refractivity contribution in [1.29, 1.82) is 0 Å². The van der Waals surface area contributed by atoms with E-state index in [9.17, 15) is 14.0 Å². The highest BCUT2D eigenvalue weighted by Crippen LogP contribution is 2.24. The molecule has 1 aromatic rings. The smallest absolute Gasteiger partial charge is 0.324 e. The quantitative estimate of drug-likeness (QED) is 0.394. The van der Waals surface area contributed by atoms with E-state index in [0.717, 1.165) is 37.2 Å². The van der Waals surface area contributed by atoms with Gasteiger partial charge in [-0.25, -0.2) is 9.18 Å². The number of imide groups is 1. The van der Waals surface area contributed by atoms with Gasteiger partial charge in [-0.1, -0.05) is 0 Å². The number of carbonyl (C=O) groups is 2. The van der Waals surface area contributed by atoms with Gasteiger partial charge < -0.3 is 20.9 Å². The molecule has 3 amide bonds. The monoisotopic (exact) mass is 390 g/mol. The summed E-state index contributed by atoms with van der Waals surface area (Å²) in [6.07, 6.45) is 2.03. The van der Waals surface area contributed by atoms with Crippen LogP contribution in [0.2, 0.25) is 0 Å². The third-order valence-electron chi connectivity index (χ3n) is 5.05. The van der Waals surface area contributed by atoms with Crippen LogP contribution in [0.15, 0.2) is 23.2 Å². The van der Waals surface area contributed by atoms with Gasteiger partial charge in [0.05, 0.1) is 6.54 Å². The van der Waals surface area contributed by atoms with E-state index >= 15 is 0 Å². The lowest BCUT2D eigenvalue weighted by atomic mass is 10.0. The Morgan fingerprint density at radius 1 is 1.39 bits per heavy atom. The summed E-state index contributed by atoms with van der Waals surface area (Å²) in [5.41, 5.74) is 1.98. The Balaban J connectivity index is 1.51. The number of guanidine groups is 1. The highest BCUT2D eigenvalue weighted by Gasteiger charge is 2.28. The third-order valence-corrected chi connectivity index (χ3v) is 5.05. The molecule has 2 heterocycles. The summed E-state index contributed by atoms with van der Waals surface area (Å²) in [7, 11) is 1.69. The van der Waals surface area contributed by atoms with Gasteiger partial charge in [0.1, 0.15) is 5.82 Å². The molecule has 2 aliphatic heterocycles. The number of rotatable bonds is 5. The summed E-state index contributed by atoms with van der Waals surface area (Å²) in [6.45, 7) is 4.42. The summed E-state index contributed by atoms with van der Waals surface area (Å²) < 4.78 is 13.4. The van der Waals surface area contributed by atoms with Crippen molar-refractivity contribution in [2.75, 3.05) is 44.7 Å². The first-order valence-corrected chi connectivity index (χ1v) is 9.54. The van der Waals surface area contributed by atoms with Gasteiger partial charge in [0.25, 0.3) is 0 Å². The average Bonchev–Trinajstić information content (AvgIpc) is 2.99. The summed E-state index contributed by atoms with van der Waals surface area (Å²) >= 11 is 0. The van der Waals surface area contributed by atoms with E-state index in [1.54, 1.807) is 13.1 Å². The number of aryl methyl sites for hydroxylation is 1. The SMILES string of the molecule is CN=C(NCCN1C(=O)CNC1=O)NC1CCCN(c2ccc(F)cc2C)C1. The number of aliphatic imine (C=N–C) groups is 1. The molecule has 2 aliphatic rings. The zero-order valence-electron chi connectivity index (χ0n) is 16.3. The van der Waals surface area contributed by atoms with Crippen LogP contribution in [-0.2, 0) is 4.79 Å². The third kappa shape index (κ3) is 4.71. The molecule has 2 fully saturated rings. The fraction of sp³-hybridized carbons (Fsp3) is 0.526. The number of carbonyl (C=O) groups excluding carboxylic acids is 2. The Labute approximate surface area is 164 Å². The minimum atomic E-state index is -0.354. The number of hydrogen-bond acceptors (Lipinski definition) is 4. The maximum absolute atomic E-state index is 13.4. The average molecular weight is 390 g/mol. The van der Waals surface area contributed by atoms with Crippen molar-refractivity contribution in [3.8, 4) is 0 Å². The van der Waals surface area contributed by atoms with Crippen LogP contribution < -0.4 is 20.9 Å². The van der Waals surface area contributed by atoms with Crippen molar-refractivity contribution in [3.63, 3.8) is 0 Å². The van der Waals surface area contributed by atoms with Gasteiger partial charge in [-0.15, -0.1) is 0 Å². The Morgan fingerprint density at radius 2 is 2.21 bits per heavy atom. The Morgan fingerprint density at radius 3 is 2.89 bits per heavy atom. The molecular formula is C19H27FN6O2. The van der Waals surface area contributed by atoms with Gasteiger partial charge in [-0.2, -0.15) is 0 Å². The second-order valence-electron chi connectivity index (χ2n) is 7.06. The van der Waals surface area contributed by atoms with Crippen molar-refractivity contribution in [2.45, 2.75) is 25.8 Å². The second kappa shape index (κ2) is 8.90. The second-order valence-corrected chi connectivity index (χ2v) is 7.06. The number of anilines is 1. The number of urea groups is 1. The van der Waals surface area contributed by atoms with Gasteiger partial charge in [0, 0.05) is 45.0 Å². The largest absolute Gasteiger partial charge is 0.369 e. The van der Waals surface area contributed by atoms with Crippen LogP contribution in [-0.4, -0.2) is 68.6 Å². The Hall–Kier alpha value is -2.84. The molecule has 2 saturated heterocycles. The molecule has 3 rings (SSSR count). The molecule has 1 unspecified atom stereocenters. The molecule has 0 radical (unpaired) electrons. The zero-order valence-corrected chi connectivity index (χ0v) is 16.3. The maximum Gasteiger partial charge on any atom is 0.324 e. The lowest BCUT2D eigenvalue weighted by Gasteiger charge is -2.36. The summed E-state index contributed by atoms with van der Waals surface area (Å²) in [6, 6.07) is 4.73. The zero-order chi connectivity index (χ0) is 20.1. The molecule has 1 atom stereocenters. The molecular weight excluding hydrogens is 363 g/mol. The predicted molar refractivity (Wildman–Crippen MR) is 106 cm³/mol. The van der Waals surface area contributed by atoms with Crippen LogP contribution in [0.5, 0.6) is 0 Å². The van der Waals surface area contributed by atoms with Gasteiger partial charge in [0.2, 0.25) is 5.91 Å². The molecule has 0 aliphatic carbocycles. The summed E-state index contributed by atoms with van der Waals surface area (Å²) in [4.78, 5) is 30.9. The lowest BCUT2D eigenvalue weighted by Crippen LogP contribution is -2.52. The molecule has 0 aromatic heterocycles. The summed E-state index contributed by atoms with van der Waals surface area (Å²) in [5.74, 6) is 0.199. The van der Waals surface area contributed by atoms with Crippen LogP contribution >= 0.6 is 0 Å². The highest BCUT2D eigenvalue weighted by atomic mass is 19.1. The van der Waals surface area contributed by atoms with Gasteiger partial charge in [0.15, 0.2) is 5.96 Å². The standard InChI is InChI=1S/C19H27FN6O2/c1-13-10-14(20)5-6-16(13)25-8-3-4-15(12-25)24-18(21-2)22-7-9-26-17(27)11-23-19(26)28/h5-6,10,15H,3-4,7-9,11-12H2,1-2H3,(H,23,28)(H2,21,22,24). The van der Waals surface area contributed by atoms with E-state index in [4.69, 9.17) is 0 Å². The minimum absolute atomic E-state index is 0.0620. The van der Waals surface area contributed by atoms with Crippen molar-refractivity contribution in [1.82, 2.24) is 20.9 Å². The first-order chi connectivity index (χ1) is 13.5. The summed E-state index contributed by atoms with van der Waals surface area (Å²) in [5, 5.41) is 9.06. The number of amides is 3. The molecule has 9 heteroatoms. The minimum Gasteiger partial charge on any atom is -0.369 e. The molecule has 3 N–H and O–H groups in total. The van der Waals surface area contributed by atoms with Gasteiger partial charge in [-0.3, -0.25) is 14.7 Å². The van der Waals surface area contributed by atoms with E-state index in [2.05, 4.69) is 25.8 Å². The van der Waals surface area contributed by atoms with Crippen molar-refractivity contribution in [3.05, 3.63) is 29.6 Å². The number of nitrogens with zero attached hydrogens (tertiary/aromatic N) is 3. The van der Waals surface area contributed by atoms with Crippen molar-refractivity contribution >= 4 is 23.6 Å². The number of nitrogens with one attached hydrogen (secondary N) is 3. The van der Waals surface area contributed by atoms with E-state index in [-0.39, 0.29) is 36.9 Å². The highest BCUT2D eigenvalue weighted by molar-refractivity contribution is 6.01. The molecule has 0 bridgehead atoms. The lowest BCUT2D eigenvalue weighted by molar-refractivity contribution is -0.124. The molecule has 0 spiro atoms. The Bertz CT molecular complexity index is 753. The van der Waals surface area contributed by atoms with Gasteiger partial charge in [-0.05, 0) is 43.5 Å². The fourth-order valence-electron chi connectivity index (χ4n) is 3.64. The normalized spacial score (nSPS) is 20.4. The molecule has 8 nitrogen and oxygen atoms in total. The van der Waals surface area contributed by atoms with E-state index < -0.39 is 0 Å². The Kier molecular flexibility index (Phi) is 6.33. The van der Waals surface area contributed by atoms with Crippen LogP contribution in [0.1, 0.15) is 18.4 Å². The molecule has 1 aromatic carbocycles. The van der Waals surface area contributed by atoms with E-state index in [0.29, 0.717) is 12.5 Å². The van der Waals surface area contributed by atoms with Crippen LogP contribution in [0.4, 0.5) is 14.9 Å². The first kappa shape index (κ1) is 19.9. The number of benzene rings is 1. The fourth-order valence-corrected chi connectivity index (χ4v) is 3.64. The first-order valence-electron chi connectivity index (χ1n) is 9.54. The number of hydrogen-bond donors (Lipinski definition) is 3. The molecule has 0 saturated carbocycles. The van der Waals surface area contributed by atoms with Crippen molar-refractivity contribution in [2.24, 2.45) is 4.99 Å². The van der Waals surface area contributed by atoms with Crippen LogP contribution in [0.25, 0.3) is 0 Å². The maximum atomic E-state index is 13.4. The van der Waals surface area contributed by atoms with E-state index in [1.807, 2.05) is 13.0 Å². The molecule has 28 heavy (non-hydrogen) atoms. The van der Waals surface area contributed by atoms with Gasteiger partial charge >= 0.3 is 6.03 Å². The topological polar surface area (TPSA) is 89.1 Å². The van der Waals surface area contributed by atoms with Crippen molar-refractivity contribution < 1.29 is 14.0 Å². The van der Waals surface area contributed by atoms with Crippen LogP contribution in [0.3, 0.4) is 0 Å². The van der Waals surface area contributed by atoms with Crippen LogP contribution in [0, 0.1) is 12.7 Å². The predicted octanol–water partition coefficient (Wildman–Crippen LogP) is 0.820. The number of piperidine rings is 1. The number of halogens is 1.